The molecule has 0 radical (unpaired) electrons. The van der Waals surface area contributed by atoms with Gasteiger partial charge in [-0.25, -0.2) is 0 Å². The smallest absolute Gasteiger partial charge is 0.269 e. The molecule has 2 aromatic carbocycles. The minimum atomic E-state index is -0.353. The average molecular weight is 474 g/mol. The number of carbonyl (C=O) groups excluding carboxylic acids is 1. The Hall–Kier alpha value is -1.18. The van der Waals surface area contributed by atoms with E-state index in [0.29, 0.717) is 14.9 Å². The number of benzene rings is 2. The van der Waals surface area contributed by atoms with Gasteiger partial charge in [0.15, 0.2) is 5.11 Å². The standard InChI is InChI=1S/C17H11BrCl2N2OS2/c1-8-6-10(3-5-12(8)18)21-17(24)22-16(23)15-14(20)11-4-2-9(19)7-13(11)25-15/h2-7H,1H3,(H2,21,22,23,24). The van der Waals surface area contributed by atoms with Gasteiger partial charge in [0.05, 0.1) is 5.02 Å². The van der Waals surface area contributed by atoms with Crippen molar-refractivity contribution in [3.8, 4) is 0 Å². The van der Waals surface area contributed by atoms with Crippen LogP contribution in [0.4, 0.5) is 5.69 Å². The lowest BCUT2D eigenvalue weighted by Gasteiger charge is -2.10. The van der Waals surface area contributed by atoms with E-state index in [1.54, 1.807) is 18.2 Å². The molecule has 25 heavy (non-hydrogen) atoms. The van der Waals surface area contributed by atoms with Crippen molar-refractivity contribution in [3.05, 3.63) is 61.4 Å². The zero-order valence-corrected chi connectivity index (χ0v) is 17.6. The molecule has 1 heterocycles. The molecule has 0 saturated carbocycles. The highest BCUT2D eigenvalue weighted by atomic mass is 79.9. The van der Waals surface area contributed by atoms with Gasteiger partial charge < -0.3 is 5.32 Å². The first kappa shape index (κ1) is 18.6. The molecule has 0 aliphatic rings. The van der Waals surface area contributed by atoms with Crippen LogP contribution in [0, 0.1) is 6.92 Å². The number of fused-ring (bicyclic) bond motifs is 1. The van der Waals surface area contributed by atoms with Crippen molar-refractivity contribution < 1.29 is 4.79 Å². The number of thiocarbonyl (C=S) groups is 1. The molecule has 8 heteroatoms. The Morgan fingerprint density at radius 3 is 2.68 bits per heavy atom. The van der Waals surface area contributed by atoms with Gasteiger partial charge >= 0.3 is 0 Å². The fourth-order valence-corrected chi connectivity index (χ4v) is 4.38. The van der Waals surface area contributed by atoms with Crippen LogP contribution in [-0.4, -0.2) is 11.0 Å². The molecule has 0 unspecified atom stereocenters. The molecule has 1 aromatic heterocycles. The zero-order chi connectivity index (χ0) is 18.1. The van der Waals surface area contributed by atoms with Crippen LogP contribution in [-0.2, 0) is 0 Å². The van der Waals surface area contributed by atoms with E-state index >= 15 is 0 Å². The summed E-state index contributed by atoms with van der Waals surface area (Å²) in [5, 5.41) is 7.65. The number of hydrogen-bond acceptors (Lipinski definition) is 3. The highest BCUT2D eigenvalue weighted by Gasteiger charge is 2.18. The van der Waals surface area contributed by atoms with Crippen LogP contribution in [0.1, 0.15) is 15.2 Å². The van der Waals surface area contributed by atoms with Gasteiger partial charge in [-0.3, -0.25) is 10.1 Å². The first-order valence-electron chi connectivity index (χ1n) is 7.11. The number of carbonyl (C=O) groups is 1. The van der Waals surface area contributed by atoms with Gasteiger partial charge in [-0.15, -0.1) is 11.3 Å². The second-order valence-electron chi connectivity index (χ2n) is 5.26. The van der Waals surface area contributed by atoms with Crippen molar-refractivity contribution in [2.75, 3.05) is 5.32 Å². The maximum atomic E-state index is 12.5. The number of halogens is 3. The molecule has 1 amide bonds. The first-order valence-corrected chi connectivity index (χ1v) is 9.88. The lowest BCUT2D eigenvalue weighted by molar-refractivity contribution is 0.0982. The van der Waals surface area contributed by atoms with Crippen LogP contribution in [0.2, 0.25) is 10.0 Å². The third-order valence-electron chi connectivity index (χ3n) is 3.44. The number of rotatable bonds is 2. The van der Waals surface area contributed by atoms with Crippen molar-refractivity contribution in [1.82, 2.24) is 5.32 Å². The molecular weight excluding hydrogens is 463 g/mol. The van der Waals surface area contributed by atoms with Gasteiger partial charge in [0.1, 0.15) is 4.88 Å². The number of thiophene rings is 1. The van der Waals surface area contributed by atoms with Crippen molar-refractivity contribution >= 4 is 89.5 Å². The summed E-state index contributed by atoms with van der Waals surface area (Å²) in [7, 11) is 0. The first-order chi connectivity index (χ1) is 11.8. The van der Waals surface area contributed by atoms with Gasteiger partial charge in [-0.05, 0) is 55.0 Å². The van der Waals surface area contributed by atoms with Crippen LogP contribution in [0.15, 0.2) is 40.9 Å². The van der Waals surface area contributed by atoms with Crippen molar-refractivity contribution in [3.63, 3.8) is 0 Å². The average Bonchev–Trinajstić information content (AvgIpc) is 2.87. The highest BCUT2D eigenvalue weighted by Crippen LogP contribution is 2.36. The molecule has 3 aromatic rings. The van der Waals surface area contributed by atoms with Crippen LogP contribution in [0.5, 0.6) is 0 Å². The van der Waals surface area contributed by atoms with E-state index in [9.17, 15) is 4.79 Å². The summed E-state index contributed by atoms with van der Waals surface area (Å²) in [4.78, 5) is 12.9. The van der Waals surface area contributed by atoms with Crippen LogP contribution < -0.4 is 10.6 Å². The Kier molecular flexibility index (Phi) is 5.65. The zero-order valence-electron chi connectivity index (χ0n) is 12.8. The highest BCUT2D eigenvalue weighted by molar-refractivity contribution is 9.10. The topological polar surface area (TPSA) is 41.1 Å². The summed E-state index contributed by atoms with van der Waals surface area (Å²) in [6.45, 7) is 1.97. The molecule has 0 fully saturated rings. The summed E-state index contributed by atoms with van der Waals surface area (Å²) in [5.41, 5.74) is 1.85. The lowest BCUT2D eigenvalue weighted by atomic mass is 10.2. The second-order valence-corrected chi connectivity index (χ2v) is 8.39. The number of anilines is 1. The third kappa shape index (κ3) is 4.15. The summed E-state index contributed by atoms with van der Waals surface area (Å²) in [6.07, 6.45) is 0. The summed E-state index contributed by atoms with van der Waals surface area (Å²) >= 11 is 22.2. The van der Waals surface area contributed by atoms with E-state index in [-0.39, 0.29) is 11.0 Å². The normalized spacial score (nSPS) is 10.7. The van der Waals surface area contributed by atoms with Gasteiger partial charge in [0.25, 0.3) is 5.91 Å². The molecule has 0 saturated heterocycles. The van der Waals surface area contributed by atoms with E-state index in [2.05, 4.69) is 26.6 Å². The van der Waals surface area contributed by atoms with Crippen molar-refractivity contribution in [2.45, 2.75) is 6.92 Å². The van der Waals surface area contributed by atoms with Gasteiger partial charge in [-0.2, -0.15) is 0 Å². The Morgan fingerprint density at radius 2 is 1.96 bits per heavy atom. The van der Waals surface area contributed by atoms with Crippen LogP contribution >= 0.6 is 62.7 Å². The molecular formula is C17H11BrCl2N2OS2. The van der Waals surface area contributed by atoms with Crippen molar-refractivity contribution in [1.29, 1.82) is 0 Å². The van der Waals surface area contributed by atoms with E-state index in [4.69, 9.17) is 35.4 Å². The molecule has 128 valence electrons. The summed E-state index contributed by atoms with van der Waals surface area (Å²) in [6, 6.07) is 11.0. The van der Waals surface area contributed by atoms with Crippen LogP contribution in [0.25, 0.3) is 10.1 Å². The Balaban J connectivity index is 1.76. The minimum Gasteiger partial charge on any atom is -0.332 e. The van der Waals surface area contributed by atoms with Crippen LogP contribution in [0.3, 0.4) is 0 Å². The largest absolute Gasteiger partial charge is 0.332 e. The molecule has 3 rings (SSSR count). The fraction of sp³-hybridized carbons (Fsp3) is 0.0588. The minimum absolute atomic E-state index is 0.207. The van der Waals surface area contributed by atoms with E-state index < -0.39 is 0 Å². The number of aryl methyl sites for hydroxylation is 1. The molecule has 0 atom stereocenters. The predicted octanol–water partition coefficient (Wildman–Crippen LogP) is 6.41. The second kappa shape index (κ2) is 7.60. The lowest BCUT2D eigenvalue weighted by Crippen LogP contribution is -2.33. The maximum Gasteiger partial charge on any atom is 0.269 e. The number of amides is 1. The molecule has 3 nitrogen and oxygen atoms in total. The quantitative estimate of drug-likeness (QED) is 0.422. The number of nitrogens with one attached hydrogen (secondary N) is 2. The molecule has 0 aliphatic carbocycles. The maximum absolute atomic E-state index is 12.5. The van der Waals surface area contributed by atoms with Gasteiger partial charge in [-0.1, -0.05) is 45.2 Å². The monoisotopic (exact) mass is 472 g/mol. The molecule has 0 bridgehead atoms. The molecule has 2 N–H and O–H groups in total. The van der Waals surface area contributed by atoms with Gasteiger partial charge in [0, 0.05) is 25.3 Å². The van der Waals surface area contributed by atoms with Crippen molar-refractivity contribution in [2.24, 2.45) is 0 Å². The van der Waals surface area contributed by atoms with E-state index in [0.717, 1.165) is 25.8 Å². The Labute approximate surface area is 172 Å². The van der Waals surface area contributed by atoms with Gasteiger partial charge in [0.2, 0.25) is 0 Å². The fourth-order valence-electron chi connectivity index (χ4n) is 2.23. The summed E-state index contributed by atoms with van der Waals surface area (Å²) < 4.78 is 1.86. The SMILES string of the molecule is Cc1cc(NC(=S)NC(=O)c2sc3cc(Cl)ccc3c2Cl)ccc1Br. The number of hydrogen-bond donors (Lipinski definition) is 2. The van der Waals surface area contributed by atoms with E-state index in [1.807, 2.05) is 25.1 Å². The Bertz CT molecular complexity index is 1000. The predicted molar refractivity (Wildman–Crippen MR) is 114 cm³/mol. The third-order valence-corrected chi connectivity index (χ3v) is 6.43. The Morgan fingerprint density at radius 1 is 1.20 bits per heavy atom. The van der Waals surface area contributed by atoms with E-state index in [1.165, 1.54) is 11.3 Å². The molecule has 0 aliphatic heterocycles. The summed E-state index contributed by atoms with van der Waals surface area (Å²) in [5.74, 6) is -0.353. The molecule has 0 spiro atoms.